The Morgan fingerprint density at radius 1 is 1.17 bits per heavy atom. The van der Waals surface area contributed by atoms with Crippen molar-refractivity contribution in [3.63, 3.8) is 0 Å². The van der Waals surface area contributed by atoms with Gasteiger partial charge in [-0.25, -0.2) is 0 Å². The van der Waals surface area contributed by atoms with Gasteiger partial charge in [-0.15, -0.1) is 0 Å². The zero-order valence-electron chi connectivity index (χ0n) is 11.4. The summed E-state index contributed by atoms with van der Waals surface area (Å²) in [5.41, 5.74) is 0.0876. The number of hydrogen-bond donors (Lipinski definition) is 0. The van der Waals surface area contributed by atoms with E-state index in [0.717, 1.165) is 0 Å². The number of Topliss-reactive ketones (excluding diaryl/α,β-unsaturated/α-hetero) is 1. The van der Waals surface area contributed by atoms with Crippen LogP contribution in [0.3, 0.4) is 0 Å². The molecular weight excluding hydrogens is 228 g/mol. The summed E-state index contributed by atoms with van der Waals surface area (Å²) in [5.74, 6) is -1.39. The molecule has 0 spiro atoms. The monoisotopic (exact) mass is 248 g/mol. The Bertz CT molecular complexity index is 415. The summed E-state index contributed by atoms with van der Waals surface area (Å²) in [6.07, 6.45) is 0. The van der Waals surface area contributed by atoms with Crippen LogP contribution in [0.2, 0.25) is 0 Å². The second-order valence-electron chi connectivity index (χ2n) is 5.28. The molecule has 0 amide bonds. The molecule has 0 saturated heterocycles. The first-order chi connectivity index (χ1) is 8.38. The lowest BCUT2D eigenvalue weighted by atomic mass is 9.76. The van der Waals surface area contributed by atoms with Crippen molar-refractivity contribution in [2.24, 2.45) is 11.3 Å². The zero-order chi connectivity index (χ0) is 13.8. The second kappa shape index (κ2) is 5.80. The van der Waals surface area contributed by atoms with Gasteiger partial charge in [-0.1, -0.05) is 51.1 Å². The fourth-order valence-electron chi connectivity index (χ4n) is 1.85. The van der Waals surface area contributed by atoms with Crippen molar-refractivity contribution in [3.8, 4) is 0 Å². The van der Waals surface area contributed by atoms with E-state index in [-0.39, 0.29) is 12.4 Å². The topological polar surface area (TPSA) is 43.4 Å². The van der Waals surface area contributed by atoms with E-state index < -0.39 is 17.3 Å². The third-order valence-electron chi connectivity index (χ3n) is 2.71. The summed E-state index contributed by atoms with van der Waals surface area (Å²) in [4.78, 5) is 24.4. The molecule has 1 rings (SSSR count). The maximum absolute atomic E-state index is 12.4. The minimum atomic E-state index is -0.764. The molecule has 0 aromatic heterocycles. The summed E-state index contributed by atoms with van der Waals surface area (Å²) < 4.78 is 5.01. The van der Waals surface area contributed by atoms with Crippen LogP contribution >= 0.6 is 0 Å². The molecule has 1 atom stereocenters. The van der Waals surface area contributed by atoms with Gasteiger partial charge < -0.3 is 4.74 Å². The van der Waals surface area contributed by atoms with Crippen LogP contribution < -0.4 is 0 Å². The van der Waals surface area contributed by atoms with Gasteiger partial charge in [-0.05, 0) is 12.3 Å². The van der Waals surface area contributed by atoms with Crippen molar-refractivity contribution in [2.75, 3.05) is 6.61 Å². The first-order valence-electron chi connectivity index (χ1n) is 6.13. The maximum atomic E-state index is 12.4. The Morgan fingerprint density at radius 2 is 1.72 bits per heavy atom. The predicted molar refractivity (Wildman–Crippen MR) is 70.4 cm³/mol. The second-order valence-corrected chi connectivity index (χ2v) is 5.28. The van der Waals surface area contributed by atoms with E-state index in [0.29, 0.717) is 5.56 Å². The molecule has 3 heteroatoms. The van der Waals surface area contributed by atoms with Crippen LogP contribution in [-0.4, -0.2) is 18.4 Å². The SMILES string of the molecule is CCOC(=O)C(C(=O)c1ccccc1)C(C)(C)C. The molecule has 0 aliphatic carbocycles. The third-order valence-corrected chi connectivity index (χ3v) is 2.71. The van der Waals surface area contributed by atoms with Crippen LogP contribution in [0, 0.1) is 11.3 Å². The summed E-state index contributed by atoms with van der Waals surface area (Å²) in [7, 11) is 0. The van der Waals surface area contributed by atoms with E-state index in [1.807, 2.05) is 26.8 Å². The number of esters is 1. The summed E-state index contributed by atoms with van der Waals surface area (Å²) in [6.45, 7) is 7.64. The minimum Gasteiger partial charge on any atom is -0.465 e. The first kappa shape index (κ1) is 14.4. The van der Waals surface area contributed by atoms with Crippen LogP contribution in [0.15, 0.2) is 30.3 Å². The number of benzene rings is 1. The van der Waals surface area contributed by atoms with E-state index >= 15 is 0 Å². The van der Waals surface area contributed by atoms with Crippen LogP contribution in [0.1, 0.15) is 38.1 Å². The molecule has 18 heavy (non-hydrogen) atoms. The lowest BCUT2D eigenvalue weighted by Gasteiger charge is -2.27. The van der Waals surface area contributed by atoms with E-state index in [2.05, 4.69) is 0 Å². The number of carbonyl (C=O) groups is 2. The molecule has 1 aromatic carbocycles. The van der Waals surface area contributed by atoms with Crippen LogP contribution in [0.4, 0.5) is 0 Å². The van der Waals surface area contributed by atoms with Crippen molar-refractivity contribution in [3.05, 3.63) is 35.9 Å². The third kappa shape index (κ3) is 3.42. The highest BCUT2D eigenvalue weighted by Gasteiger charge is 2.39. The smallest absolute Gasteiger partial charge is 0.317 e. The van der Waals surface area contributed by atoms with E-state index in [4.69, 9.17) is 4.74 Å². The molecule has 0 bridgehead atoms. The molecule has 0 saturated carbocycles. The van der Waals surface area contributed by atoms with Gasteiger partial charge in [0.05, 0.1) is 6.61 Å². The normalized spacial score (nSPS) is 12.9. The number of rotatable bonds is 4. The van der Waals surface area contributed by atoms with Gasteiger partial charge in [-0.2, -0.15) is 0 Å². The summed E-state index contributed by atoms with van der Waals surface area (Å²) in [6, 6.07) is 8.87. The Labute approximate surface area is 108 Å². The summed E-state index contributed by atoms with van der Waals surface area (Å²) in [5, 5.41) is 0. The predicted octanol–water partition coefficient (Wildman–Crippen LogP) is 3.09. The van der Waals surface area contributed by atoms with Gasteiger partial charge in [0.25, 0.3) is 0 Å². The lowest BCUT2D eigenvalue weighted by molar-refractivity contribution is -0.149. The number of carbonyl (C=O) groups excluding carboxylic acids is 2. The van der Waals surface area contributed by atoms with Crippen molar-refractivity contribution in [2.45, 2.75) is 27.7 Å². The van der Waals surface area contributed by atoms with Crippen molar-refractivity contribution in [1.82, 2.24) is 0 Å². The first-order valence-corrected chi connectivity index (χ1v) is 6.13. The minimum absolute atomic E-state index is 0.179. The van der Waals surface area contributed by atoms with Gasteiger partial charge >= 0.3 is 5.97 Å². The van der Waals surface area contributed by atoms with Crippen LogP contribution in [0.5, 0.6) is 0 Å². The number of ether oxygens (including phenoxy) is 1. The Balaban J connectivity index is 3.05. The van der Waals surface area contributed by atoms with E-state index in [1.165, 1.54) is 0 Å². The van der Waals surface area contributed by atoms with Crippen molar-refractivity contribution in [1.29, 1.82) is 0 Å². The molecule has 0 aliphatic rings. The number of ketones is 1. The molecule has 0 fully saturated rings. The Morgan fingerprint density at radius 3 is 2.17 bits per heavy atom. The van der Waals surface area contributed by atoms with Crippen molar-refractivity contribution < 1.29 is 14.3 Å². The Hall–Kier alpha value is -1.64. The maximum Gasteiger partial charge on any atom is 0.317 e. The fourth-order valence-corrected chi connectivity index (χ4v) is 1.85. The molecule has 0 N–H and O–H groups in total. The highest BCUT2D eigenvalue weighted by molar-refractivity contribution is 6.09. The van der Waals surface area contributed by atoms with E-state index in [9.17, 15) is 9.59 Å². The molecule has 0 heterocycles. The molecule has 1 unspecified atom stereocenters. The average Bonchev–Trinajstić information content (AvgIpc) is 2.28. The van der Waals surface area contributed by atoms with Gasteiger partial charge in [0, 0.05) is 5.56 Å². The fraction of sp³-hybridized carbons (Fsp3) is 0.467. The van der Waals surface area contributed by atoms with Crippen LogP contribution in [0.25, 0.3) is 0 Å². The zero-order valence-corrected chi connectivity index (χ0v) is 11.4. The average molecular weight is 248 g/mol. The molecule has 0 aliphatic heterocycles. The van der Waals surface area contributed by atoms with Gasteiger partial charge in [0.2, 0.25) is 0 Å². The quantitative estimate of drug-likeness (QED) is 0.467. The van der Waals surface area contributed by atoms with Gasteiger partial charge in [0.15, 0.2) is 5.78 Å². The van der Waals surface area contributed by atoms with Crippen molar-refractivity contribution >= 4 is 11.8 Å². The van der Waals surface area contributed by atoms with Gasteiger partial charge in [0.1, 0.15) is 5.92 Å². The standard InChI is InChI=1S/C15H20O3/c1-5-18-14(17)12(15(2,3)4)13(16)11-9-7-6-8-10-11/h6-10,12H,5H2,1-4H3. The molecular formula is C15H20O3. The molecule has 98 valence electrons. The largest absolute Gasteiger partial charge is 0.465 e. The highest BCUT2D eigenvalue weighted by atomic mass is 16.5. The number of hydrogen-bond acceptors (Lipinski definition) is 3. The van der Waals surface area contributed by atoms with E-state index in [1.54, 1.807) is 31.2 Å². The summed E-state index contributed by atoms with van der Waals surface area (Å²) >= 11 is 0. The van der Waals surface area contributed by atoms with Crippen LogP contribution in [-0.2, 0) is 9.53 Å². The molecule has 1 aromatic rings. The lowest BCUT2D eigenvalue weighted by Crippen LogP contribution is -2.37. The van der Waals surface area contributed by atoms with Gasteiger partial charge in [-0.3, -0.25) is 9.59 Å². The Kier molecular flexibility index (Phi) is 4.65. The molecule has 3 nitrogen and oxygen atoms in total. The molecule has 0 radical (unpaired) electrons. The highest BCUT2D eigenvalue weighted by Crippen LogP contribution is 2.30.